The van der Waals surface area contributed by atoms with Gasteiger partial charge in [0.2, 0.25) is 26.0 Å². The van der Waals surface area contributed by atoms with Crippen molar-refractivity contribution >= 4 is 26.0 Å². The molecule has 0 unspecified atom stereocenters. The van der Waals surface area contributed by atoms with Crippen LogP contribution in [-0.4, -0.2) is 64.1 Å². The second kappa shape index (κ2) is 11.2. The van der Waals surface area contributed by atoms with Gasteiger partial charge in [-0.1, -0.05) is 24.3 Å². The second-order valence-electron chi connectivity index (χ2n) is 9.11. The second-order valence-corrected chi connectivity index (χ2v) is 13.0. The Morgan fingerprint density at radius 3 is 1.49 bits per heavy atom. The van der Waals surface area contributed by atoms with Crippen molar-refractivity contribution in [3.63, 3.8) is 0 Å². The third-order valence-corrected chi connectivity index (χ3v) is 10.5. The van der Waals surface area contributed by atoms with E-state index in [4.69, 9.17) is 0 Å². The molecule has 0 aliphatic carbocycles. The zero-order valence-electron chi connectivity index (χ0n) is 19.9. The van der Waals surface area contributed by atoms with Crippen LogP contribution in [0.15, 0.2) is 58.3 Å². The van der Waals surface area contributed by atoms with E-state index < -0.39 is 20.0 Å². The van der Waals surface area contributed by atoms with Crippen LogP contribution in [0.4, 0.5) is 0 Å². The molecule has 0 spiro atoms. The van der Waals surface area contributed by atoms with E-state index in [-0.39, 0.29) is 5.91 Å². The largest absolute Gasteiger partial charge is 0.356 e. The van der Waals surface area contributed by atoms with Gasteiger partial charge in [0.05, 0.1) is 9.79 Å². The number of aryl methyl sites for hydroxylation is 1. The fraction of sp³-hybridized carbons (Fsp3) is 0.480. The van der Waals surface area contributed by atoms with Crippen molar-refractivity contribution in [2.45, 2.75) is 54.7 Å². The van der Waals surface area contributed by atoms with Crippen molar-refractivity contribution in [1.29, 1.82) is 0 Å². The van der Waals surface area contributed by atoms with Gasteiger partial charge in [-0.15, -0.1) is 0 Å². The lowest BCUT2D eigenvalue weighted by Gasteiger charge is -2.15. The van der Waals surface area contributed by atoms with Crippen molar-refractivity contribution in [2.75, 3.05) is 32.7 Å². The topological polar surface area (TPSA) is 104 Å². The highest BCUT2D eigenvalue weighted by Gasteiger charge is 2.27. The summed E-state index contributed by atoms with van der Waals surface area (Å²) in [4.78, 5) is 12.9. The Hall–Kier alpha value is -2.27. The summed E-state index contributed by atoms with van der Waals surface area (Å²) < 4.78 is 53.5. The highest BCUT2D eigenvalue weighted by Crippen LogP contribution is 2.22. The molecule has 0 radical (unpaired) electrons. The molecule has 0 atom stereocenters. The molecule has 1 amide bonds. The molecule has 190 valence electrons. The van der Waals surface area contributed by atoms with Crippen LogP contribution in [0.3, 0.4) is 0 Å². The molecule has 0 aromatic heterocycles. The number of hydrogen-bond donors (Lipinski definition) is 1. The third-order valence-electron chi connectivity index (χ3n) is 6.63. The Morgan fingerprint density at radius 2 is 1.06 bits per heavy atom. The summed E-state index contributed by atoms with van der Waals surface area (Å²) in [7, 11) is -6.83. The third kappa shape index (κ3) is 6.30. The molecule has 35 heavy (non-hydrogen) atoms. The first-order chi connectivity index (χ1) is 16.8. The predicted molar refractivity (Wildman–Crippen MR) is 134 cm³/mol. The van der Waals surface area contributed by atoms with Crippen LogP contribution >= 0.6 is 0 Å². The highest BCUT2D eigenvalue weighted by atomic mass is 32.2. The average molecular weight is 520 g/mol. The van der Waals surface area contributed by atoms with Crippen molar-refractivity contribution in [2.24, 2.45) is 0 Å². The molecule has 8 nitrogen and oxygen atoms in total. The minimum Gasteiger partial charge on any atom is -0.356 e. The molecular formula is C25H33N3O5S2. The summed E-state index contributed by atoms with van der Waals surface area (Å²) in [6.07, 6.45) is 5.06. The normalized spacial score (nSPS) is 17.6. The van der Waals surface area contributed by atoms with Gasteiger partial charge in [0.15, 0.2) is 0 Å². The van der Waals surface area contributed by atoms with Crippen LogP contribution in [0.5, 0.6) is 0 Å². The molecule has 2 heterocycles. The van der Waals surface area contributed by atoms with Crippen LogP contribution < -0.4 is 5.32 Å². The first kappa shape index (κ1) is 25.8. The molecule has 4 rings (SSSR count). The molecule has 1 N–H and O–H groups in total. The quantitative estimate of drug-likeness (QED) is 0.520. The van der Waals surface area contributed by atoms with Gasteiger partial charge >= 0.3 is 0 Å². The Balaban J connectivity index is 1.20. The number of rotatable bonds is 10. The Labute approximate surface area is 208 Å². The maximum Gasteiger partial charge on any atom is 0.243 e. The lowest BCUT2D eigenvalue weighted by molar-refractivity contribution is -0.121. The summed E-state index contributed by atoms with van der Waals surface area (Å²) in [6.45, 7) is 2.78. The maximum atomic E-state index is 12.6. The fourth-order valence-corrected chi connectivity index (χ4v) is 7.54. The highest BCUT2D eigenvalue weighted by molar-refractivity contribution is 7.89. The van der Waals surface area contributed by atoms with Gasteiger partial charge in [-0.05, 0) is 73.9 Å². The number of nitrogens with one attached hydrogen (secondary N) is 1. The average Bonchev–Trinajstić information content (AvgIpc) is 3.59. The summed E-state index contributed by atoms with van der Waals surface area (Å²) in [5.41, 5.74) is 1.87. The fourth-order valence-electron chi connectivity index (χ4n) is 4.50. The molecular weight excluding hydrogens is 486 g/mol. The molecule has 2 aromatic rings. The van der Waals surface area contributed by atoms with E-state index >= 15 is 0 Å². The number of carbonyl (C=O) groups is 1. The number of sulfonamides is 2. The molecule has 2 aliphatic heterocycles. The number of nitrogens with zero attached hydrogens (tertiary/aromatic N) is 2. The minimum absolute atomic E-state index is 0.0769. The van der Waals surface area contributed by atoms with Crippen LogP contribution in [0.25, 0.3) is 0 Å². The zero-order chi connectivity index (χ0) is 24.9. The summed E-state index contributed by atoms with van der Waals surface area (Å²) in [5.74, 6) is -0.0769. The van der Waals surface area contributed by atoms with Crippen molar-refractivity contribution in [1.82, 2.24) is 13.9 Å². The van der Waals surface area contributed by atoms with Crippen LogP contribution in [0.1, 0.15) is 43.2 Å². The van der Waals surface area contributed by atoms with Gasteiger partial charge in [-0.25, -0.2) is 16.8 Å². The van der Waals surface area contributed by atoms with Crippen molar-refractivity contribution < 1.29 is 21.6 Å². The van der Waals surface area contributed by atoms with Gasteiger partial charge in [0, 0.05) is 39.1 Å². The van der Waals surface area contributed by atoms with Gasteiger partial charge in [0.1, 0.15) is 0 Å². The minimum atomic E-state index is -3.42. The van der Waals surface area contributed by atoms with Crippen molar-refractivity contribution in [3.05, 3.63) is 59.7 Å². The smallest absolute Gasteiger partial charge is 0.243 e. The first-order valence-electron chi connectivity index (χ1n) is 12.2. The Kier molecular flexibility index (Phi) is 8.26. The predicted octanol–water partition coefficient (Wildman–Crippen LogP) is 2.55. The van der Waals surface area contributed by atoms with E-state index in [1.807, 2.05) is 0 Å². The standard InChI is InChI=1S/C25H33N3O5S2/c29-25(14-9-21-5-10-23(11-6-21)34(30,31)27-17-1-2-18-27)26-16-15-22-7-12-24(13-8-22)35(32,33)28-19-3-4-20-28/h5-8,10-13H,1-4,9,14-20H2,(H,26,29). The molecule has 2 aliphatic rings. The van der Waals surface area contributed by atoms with E-state index in [0.29, 0.717) is 61.8 Å². The molecule has 2 saturated heterocycles. The molecule has 10 heteroatoms. The molecule has 2 fully saturated rings. The first-order valence-corrected chi connectivity index (χ1v) is 15.1. The molecule has 2 aromatic carbocycles. The molecule has 0 bridgehead atoms. The van der Waals surface area contributed by atoms with Gasteiger partial charge < -0.3 is 5.32 Å². The van der Waals surface area contributed by atoms with E-state index in [0.717, 1.165) is 36.8 Å². The monoisotopic (exact) mass is 519 g/mol. The zero-order valence-corrected chi connectivity index (χ0v) is 21.5. The summed E-state index contributed by atoms with van der Waals surface area (Å²) in [6, 6.07) is 13.7. The Morgan fingerprint density at radius 1 is 0.657 bits per heavy atom. The number of amides is 1. The SMILES string of the molecule is O=C(CCc1ccc(S(=O)(=O)N2CCCC2)cc1)NCCc1ccc(S(=O)(=O)N2CCCC2)cc1. The maximum absolute atomic E-state index is 12.6. The Bertz CT molecular complexity index is 1210. The molecule has 0 saturated carbocycles. The van der Waals surface area contributed by atoms with E-state index in [1.165, 1.54) is 8.61 Å². The lowest BCUT2D eigenvalue weighted by atomic mass is 10.1. The van der Waals surface area contributed by atoms with Crippen molar-refractivity contribution in [3.8, 4) is 0 Å². The van der Waals surface area contributed by atoms with Gasteiger partial charge in [0.25, 0.3) is 0 Å². The van der Waals surface area contributed by atoms with Gasteiger partial charge in [-0.2, -0.15) is 8.61 Å². The van der Waals surface area contributed by atoms with Crippen LogP contribution in [0.2, 0.25) is 0 Å². The number of carbonyl (C=O) groups excluding carboxylic acids is 1. The van der Waals surface area contributed by atoms with E-state index in [2.05, 4.69) is 5.32 Å². The number of benzene rings is 2. The van der Waals surface area contributed by atoms with E-state index in [9.17, 15) is 21.6 Å². The summed E-state index contributed by atoms with van der Waals surface area (Å²) in [5, 5.41) is 2.90. The number of hydrogen-bond acceptors (Lipinski definition) is 5. The van der Waals surface area contributed by atoms with Crippen LogP contribution in [0, 0.1) is 0 Å². The van der Waals surface area contributed by atoms with Gasteiger partial charge in [-0.3, -0.25) is 4.79 Å². The van der Waals surface area contributed by atoms with E-state index in [1.54, 1.807) is 48.5 Å². The lowest BCUT2D eigenvalue weighted by Crippen LogP contribution is -2.28. The summed E-state index contributed by atoms with van der Waals surface area (Å²) >= 11 is 0. The van der Waals surface area contributed by atoms with Crippen LogP contribution in [-0.2, 0) is 37.7 Å².